The smallest absolute Gasteiger partial charge is 0.351 e. The van der Waals surface area contributed by atoms with Crippen molar-refractivity contribution in [2.45, 2.75) is 71.7 Å². The summed E-state index contributed by atoms with van der Waals surface area (Å²) in [4.78, 5) is 73.2. The van der Waals surface area contributed by atoms with Crippen molar-refractivity contribution >= 4 is 40.8 Å². The van der Waals surface area contributed by atoms with Gasteiger partial charge in [0, 0.05) is 30.3 Å². The van der Waals surface area contributed by atoms with Crippen LogP contribution in [0.2, 0.25) is 0 Å². The average molecular weight is 1160 g/mol. The van der Waals surface area contributed by atoms with Crippen LogP contribution in [-0.4, -0.2) is 158 Å². The van der Waals surface area contributed by atoms with E-state index in [2.05, 4.69) is 56.1 Å². The van der Waals surface area contributed by atoms with Crippen LogP contribution in [0.1, 0.15) is 24.9 Å². The number of hydrogen-bond donors (Lipinski definition) is 13. The number of hydrogen-bond acceptors (Lipinski definition) is 25. The molecule has 0 unspecified atom stereocenters. The molecule has 4 aliphatic rings. The number of aliphatic hydroxyl groups is 8. The molecule has 0 aromatic carbocycles. The Morgan fingerprint density at radius 3 is 1.18 bits per heavy atom. The van der Waals surface area contributed by atoms with Gasteiger partial charge >= 0.3 is 22.8 Å². The number of amides is 1. The molecule has 4 aromatic rings. The number of nitrogens with zero attached hydrogens (tertiary/aromatic N) is 8. The number of nitrogen functional groups attached to an aromatic ring is 4. The molecule has 0 spiro atoms. The molecule has 0 bridgehead atoms. The Balaban J connectivity index is 0.000000200. The van der Waals surface area contributed by atoms with Crippen molar-refractivity contribution in [2.75, 3.05) is 49.4 Å². The Morgan fingerprint density at radius 2 is 0.866 bits per heavy atom. The quantitative estimate of drug-likeness (QED) is 0.0491. The van der Waals surface area contributed by atoms with E-state index in [1.165, 1.54) is 66.7 Å². The van der Waals surface area contributed by atoms with E-state index in [0.29, 0.717) is 0 Å². The predicted octanol–water partition coefficient (Wildman–Crippen LogP) is -6.16. The zero-order chi connectivity index (χ0) is 61.2. The number of rotatable bonds is 11. The minimum absolute atomic E-state index is 0.0178. The second kappa shape index (κ2) is 26.3. The molecule has 18 N–H and O–H groups in total. The zero-order valence-electron chi connectivity index (χ0n) is 42.8. The molecule has 82 heavy (non-hydrogen) atoms. The maximum Gasteiger partial charge on any atom is 0.351 e. The number of carbonyl (C=O) groups excluding carboxylic acids is 1. The number of ether oxygens (including phenoxy) is 4. The molecule has 0 aliphatic carbocycles. The molecule has 8 heterocycles. The van der Waals surface area contributed by atoms with Crippen LogP contribution in [-0.2, 0) is 23.7 Å². The fourth-order valence-electron chi connectivity index (χ4n) is 8.87. The number of carbonyl (C=O) groups is 1. The molecule has 16 atom stereocenters. The third-order valence-electron chi connectivity index (χ3n) is 13.4. The third-order valence-corrected chi connectivity index (χ3v) is 13.6. The Morgan fingerprint density at radius 1 is 0.561 bits per heavy atom. The predicted molar refractivity (Wildman–Crippen MR) is 288 cm³/mol. The van der Waals surface area contributed by atoms with Crippen molar-refractivity contribution in [1.82, 2.24) is 38.2 Å². The molecule has 31 heteroatoms. The molecule has 4 aromatic heterocycles. The average Bonchev–Trinajstić information content (AvgIpc) is 4.23. The lowest BCUT2D eigenvalue weighted by atomic mass is 9.90. The van der Waals surface area contributed by atoms with Crippen molar-refractivity contribution in [2.24, 2.45) is 29.4 Å². The molecule has 8 rings (SSSR count). The van der Waals surface area contributed by atoms with Crippen molar-refractivity contribution < 1.29 is 64.6 Å². The lowest BCUT2D eigenvalue weighted by Gasteiger charge is -2.23. The summed E-state index contributed by atoms with van der Waals surface area (Å²) in [5.41, 5.74) is 18.6. The Bertz CT molecular complexity index is 3510. The molecular formula is C51H56ClN13O17. The first-order valence-corrected chi connectivity index (χ1v) is 24.1. The summed E-state index contributed by atoms with van der Waals surface area (Å²) >= 11 is 5.56. The van der Waals surface area contributed by atoms with E-state index in [4.69, 9.17) is 91.3 Å². The summed E-state index contributed by atoms with van der Waals surface area (Å²) < 4.78 is 26.3. The maximum absolute atomic E-state index is 11.9. The second-order valence-electron chi connectivity index (χ2n) is 18.1. The van der Waals surface area contributed by atoms with Crippen LogP contribution in [0, 0.1) is 85.4 Å². The number of terminal acetylenes is 5. The van der Waals surface area contributed by atoms with Crippen molar-refractivity contribution in [3.05, 3.63) is 115 Å². The van der Waals surface area contributed by atoms with Gasteiger partial charge in [-0.3, -0.25) is 23.1 Å². The highest BCUT2D eigenvalue weighted by molar-refractivity contribution is 6.25. The molecule has 1 amide bonds. The molecule has 30 nitrogen and oxygen atoms in total. The van der Waals surface area contributed by atoms with Crippen LogP contribution in [0.3, 0.4) is 0 Å². The highest BCUT2D eigenvalue weighted by Crippen LogP contribution is 2.44. The van der Waals surface area contributed by atoms with E-state index < -0.39 is 150 Å². The van der Waals surface area contributed by atoms with Gasteiger partial charge in [-0.2, -0.15) is 19.9 Å². The van der Waals surface area contributed by atoms with E-state index in [-0.39, 0.29) is 23.3 Å². The molecule has 0 radical (unpaired) electrons. The molecule has 0 saturated carbocycles. The number of primary amides is 1. The van der Waals surface area contributed by atoms with Gasteiger partial charge in [0.25, 0.3) is 0 Å². The Hall–Kier alpha value is -8.72. The molecule has 4 aliphatic heterocycles. The summed E-state index contributed by atoms with van der Waals surface area (Å²) in [6.07, 6.45) is 25.3. The first-order valence-electron chi connectivity index (χ1n) is 23.6. The van der Waals surface area contributed by atoms with Gasteiger partial charge in [-0.1, -0.05) is 53.4 Å². The van der Waals surface area contributed by atoms with Gasteiger partial charge in [0.1, 0.15) is 66.1 Å². The van der Waals surface area contributed by atoms with Crippen LogP contribution >= 0.6 is 11.6 Å². The van der Waals surface area contributed by atoms with Crippen LogP contribution in [0.4, 0.5) is 23.3 Å². The van der Waals surface area contributed by atoms with Crippen LogP contribution < -0.4 is 51.4 Å². The summed E-state index contributed by atoms with van der Waals surface area (Å²) in [5, 5.41) is 78.4. The monoisotopic (exact) mass is 1160 g/mol. The van der Waals surface area contributed by atoms with Gasteiger partial charge in [0.15, 0.2) is 34.9 Å². The standard InChI is InChI=1S/C13H14ClN3O4.C13H15N3O4.C13H13N3O4.C12H14N4O5/c1-2-13(7-18)10(19)8(3-5-14)11(21-13)17-6-4-9(15)16-12(17)20;2*1-3-8-10(18)13(4-2,7-17)20-11(8)16-6-5-9(14)15-12(16)19;1-2-12(5-17)8(18)7(9(14)19)10(21-12)16-4-3-6(13)15-11(16)20/h1,3-6,8,10-11,18-19H,7H2,(H2,15,16,20);2-3,5-6,8,10-11,17-18H,1,7H2,(H2,14,15,19);1-2,5-6,8,10-11,17-18H,7H2,(H2,14,15,19);1,3-4,7-8,10,17-18H,5H2,(H2,14,19)(H2,13,15,20)/t3*8-,10-,11+,13+;7-,8+,10-,12-/m0001/s1. The highest BCUT2D eigenvalue weighted by atomic mass is 35.5. The summed E-state index contributed by atoms with van der Waals surface area (Å²) in [5.74, 6) is 6.72. The first kappa shape index (κ1) is 64.1. The molecule has 4 fully saturated rings. The third kappa shape index (κ3) is 12.1. The number of aromatic nitrogens is 8. The minimum Gasteiger partial charge on any atom is -0.392 e. The van der Waals surface area contributed by atoms with Crippen LogP contribution in [0.25, 0.3) is 0 Å². The summed E-state index contributed by atoms with van der Waals surface area (Å²) in [6, 6.07) is 5.53. The van der Waals surface area contributed by atoms with Gasteiger partial charge in [-0.15, -0.1) is 38.7 Å². The molecular weight excluding hydrogens is 1100 g/mol. The summed E-state index contributed by atoms with van der Waals surface area (Å²) in [6.45, 7) is 1.04. The number of anilines is 4. The van der Waals surface area contributed by atoms with Gasteiger partial charge in [0.2, 0.25) is 5.91 Å². The number of nitrogens with two attached hydrogens (primary N) is 5. The van der Waals surface area contributed by atoms with Gasteiger partial charge in [-0.05, 0) is 24.3 Å². The van der Waals surface area contributed by atoms with E-state index in [9.17, 15) is 64.8 Å². The van der Waals surface area contributed by atoms with Crippen LogP contribution in [0.15, 0.2) is 92.5 Å². The van der Waals surface area contributed by atoms with Gasteiger partial charge in [0.05, 0.1) is 44.2 Å². The topological polar surface area (TPSA) is 485 Å². The second-order valence-corrected chi connectivity index (χ2v) is 18.3. The Labute approximate surface area is 469 Å². The van der Waals surface area contributed by atoms with Crippen molar-refractivity contribution in [1.29, 1.82) is 0 Å². The van der Waals surface area contributed by atoms with E-state index in [0.717, 1.165) is 18.3 Å². The van der Waals surface area contributed by atoms with Crippen molar-refractivity contribution in [3.63, 3.8) is 0 Å². The minimum atomic E-state index is -1.83. The van der Waals surface area contributed by atoms with E-state index in [1.807, 2.05) is 0 Å². The Kier molecular flexibility index (Phi) is 20.5. The van der Waals surface area contributed by atoms with Crippen LogP contribution in [0.5, 0.6) is 0 Å². The van der Waals surface area contributed by atoms with Gasteiger partial charge < -0.3 is 88.5 Å². The number of halogens is 1. The largest absolute Gasteiger partial charge is 0.392 e. The van der Waals surface area contributed by atoms with E-state index in [1.54, 1.807) is 0 Å². The highest BCUT2D eigenvalue weighted by Gasteiger charge is 2.58. The molecule has 434 valence electrons. The fourth-order valence-corrected chi connectivity index (χ4v) is 9.04. The summed E-state index contributed by atoms with van der Waals surface area (Å²) in [7, 11) is 0. The normalized spacial score (nSPS) is 32.3. The first-order chi connectivity index (χ1) is 38.8. The SMILES string of the molecule is C#C[C@@H]1[C@H](n2ccc(N)nc2=O)O[C@](C#C)(CO)[C@H]1O.C#C[C@]1(CO)O[C@@H](n2ccc(N)nc2=O)[C@@H](C(N)=O)[C@@H]1O.C#C[C@]1(CO)O[C@@H](n2ccc(N)nc2=O)[C@@H](C=C)[C@@H]1O.C#C[C@]1(CO)O[C@@H](n2ccc(N)nc2=O)[C@@H](C=CCl)[C@@H]1O. The zero-order valence-corrected chi connectivity index (χ0v) is 43.6. The van der Waals surface area contributed by atoms with E-state index >= 15 is 0 Å². The number of aliphatic hydroxyl groups excluding tert-OH is 8. The van der Waals surface area contributed by atoms with Gasteiger partial charge in [-0.25, -0.2) is 19.2 Å². The molecule has 4 saturated heterocycles. The lowest BCUT2D eigenvalue weighted by molar-refractivity contribution is -0.127. The van der Waals surface area contributed by atoms with Crippen molar-refractivity contribution in [3.8, 4) is 61.7 Å². The lowest BCUT2D eigenvalue weighted by Crippen LogP contribution is -2.46. The fraction of sp³-hybridized carbons (Fsp3) is 0.392. The maximum atomic E-state index is 11.9.